The van der Waals surface area contributed by atoms with Crippen LogP contribution in [0.3, 0.4) is 0 Å². The first-order chi connectivity index (χ1) is 6.55. The van der Waals surface area contributed by atoms with Crippen LogP contribution in [0.4, 0.5) is 0 Å². The monoisotopic (exact) mass is 198 g/mol. The predicted octanol–water partition coefficient (Wildman–Crippen LogP) is 1.50. The van der Waals surface area contributed by atoms with Crippen LogP contribution in [-0.2, 0) is 9.59 Å². The molecular weight excluding hydrogens is 184 g/mol. The molecule has 2 aliphatic carbocycles. The number of aliphatic carboxylic acids is 2. The minimum atomic E-state index is -1.48. The first-order valence-corrected chi connectivity index (χ1v) is 5.02. The van der Waals surface area contributed by atoms with E-state index in [9.17, 15) is 9.59 Å². The van der Waals surface area contributed by atoms with Crippen molar-refractivity contribution in [3.63, 3.8) is 0 Å². The largest absolute Gasteiger partial charge is 0.480 e. The molecule has 1 spiro atoms. The van der Waals surface area contributed by atoms with Gasteiger partial charge in [-0.1, -0.05) is 12.8 Å². The van der Waals surface area contributed by atoms with E-state index in [0.29, 0.717) is 6.42 Å². The molecule has 0 saturated heterocycles. The topological polar surface area (TPSA) is 74.6 Å². The summed E-state index contributed by atoms with van der Waals surface area (Å²) in [6.45, 7) is 0. The number of carboxylic acids is 2. The molecule has 0 aromatic heterocycles. The van der Waals surface area contributed by atoms with Crippen molar-refractivity contribution in [2.45, 2.75) is 38.5 Å². The Kier molecular flexibility index (Phi) is 1.84. The van der Waals surface area contributed by atoms with Gasteiger partial charge in [0.05, 0.1) is 0 Å². The summed E-state index contributed by atoms with van der Waals surface area (Å²) < 4.78 is 0. The van der Waals surface area contributed by atoms with Gasteiger partial charge in [-0.15, -0.1) is 0 Å². The van der Waals surface area contributed by atoms with Crippen molar-refractivity contribution in [2.75, 3.05) is 0 Å². The molecule has 0 amide bonds. The number of rotatable bonds is 2. The maximum Gasteiger partial charge on any atom is 0.321 e. The average Bonchev–Trinajstić information content (AvgIpc) is 2.85. The molecule has 4 heteroatoms. The van der Waals surface area contributed by atoms with E-state index < -0.39 is 22.8 Å². The van der Waals surface area contributed by atoms with Crippen LogP contribution < -0.4 is 0 Å². The molecule has 2 rings (SSSR count). The van der Waals surface area contributed by atoms with Gasteiger partial charge in [0.15, 0.2) is 5.41 Å². The molecule has 14 heavy (non-hydrogen) atoms. The maximum absolute atomic E-state index is 11.2. The molecule has 0 heterocycles. The predicted molar refractivity (Wildman–Crippen MR) is 47.8 cm³/mol. The number of hydrogen-bond donors (Lipinski definition) is 2. The van der Waals surface area contributed by atoms with Gasteiger partial charge >= 0.3 is 11.9 Å². The summed E-state index contributed by atoms with van der Waals surface area (Å²) >= 11 is 0. The highest BCUT2D eigenvalue weighted by molar-refractivity contribution is 6.00. The van der Waals surface area contributed by atoms with E-state index in [2.05, 4.69) is 0 Å². The van der Waals surface area contributed by atoms with Crippen LogP contribution in [0.1, 0.15) is 38.5 Å². The van der Waals surface area contributed by atoms with Gasteiger partial charge in [0.1, 0.15) is 0 Å². The minimum Gasteiger partial charge on any atom is -0.480 e. The normalized spacial score (nSPS) is 27.1. The van der Waals surface area contributed by atoms with Crippen molar-refractivity contribution in [3.8, 4) is 0 Å². The van der Waals surface area contributed by atoms with Crippen molar-refractivity contribution in [3.05, 3.63) is 0 Å². The Labute approximate surface area is 81.9 Å². The molecule has 78 valence electrons. The van der Waals surface area contributed by atoms with Gasteiger partial charge in [0, 0.05) is 0 Å². The smallest absolute Gasteiger partial charge is 0.321 e. The SMILES string of the molecule is O=C(O)C1(C(=O)O)CCCCC12CC2. The van der Waals surface area contributed by atoms with Gasteiger partial charge in [-0.05, 0) is 31.1 Å². The Balaban J connectivity index is 2.41. The lowest BCUT2D eigenvalue weighted by molar-refractivity contribution is -0.174. The highest BCUT2D eigenvalue weighted by atomic mass is 16.4. The Morgan fingerprint density at radius 2 is 1.36 bits per heavy atom. The molecule has 2 aliphatic rings. The molecule has 0 aromatic rings. The van der Waals surface area contributed by atoms with Crippen molar-refractivity contribution in [1.82, 2.24) is 0 Å². The van der Waals surface area contributed by atoms with E-state index in [4.69, 9.17) is 10.2 Å². The summed E-state index contributed by atoms with van der Waals surface area (Å²) in [5.41, 5.74) is -1.89. The van der Waals surface area contributed by atoms with E-state index >= 15 is 0 Å². The van der Waals surface area contributed by atoms with Crippen molar-refractivity contribution < 1.29 is 19.8 Å². The van der Waals surface area contributed by atoms with E-state index in [1.165, 1.54) is 0 Å². The zero-order chi connectivity index (χ0) is 10.4. The van der Waals surface area contributed by atoms with Crippen molar-refractivity contribution >= 4 is 11.9 Å². The standard InChI is InChI=1S/C10H14O4/c11-7(12)10(8(13)14)4-2-1-3-9(10)5-6-9/h1-6H2,(H,11,12)(H,13,14). The van der Waals surface area contributed by atoms with Crippen LogP contribution in [0.5, 0.6) is 0 Å². The Hall–Kier alpha value is -1.06. The van der Waals surface area contributed by atoms with Gasteiger partial charge in [0.2, 0.25) is 0 Å². The lowest BCUT2D eigenvalue weighted by atomic mass is 9.63. The second-order valence-corrected chi connectivity index (χ2v) is 4.50. The first kappa shape index (κ1) is 9.49. The van der Waals surface area contributed by atoms with Crippen LogP contribution in [0.15, 0.2) is 0 Å². The Morgan fingerprint density at radius 1 is 0.857 bits per heavy atom. The zero-order valence-corrected chi connectivity index (χ0v) is 7.95. The zero-order valence-electron chi connectivity index (χ0n) is 7.95. The molecule has 2 fully saturated rings. The fourth-order valence-electron chi connectivity index (χ4n) is 2.92. The highest BCUT2D eigenvalue weighted by Gasteiger charge is 2.68. The second kappa shape index (κ2) is 2.72. The molecule has 4 nitrogen and oxygen atoms in total. The second-order valence-electron chi connectivity index (χ2n) is 4.50. The van der Waals surface area contributed by atoms with Gasteiger partial charge in [-0.25, -0.2) is 0 Å². The molecule has 0 radical (unpaired) electrons. The number of carbonyl (C=O) groups is 2. The molecule has 0 atom stereocenters. The Morgan fingerprint density at radius 3 is 1.71 bits per heavy atom. The average molecular weight is 198 g/mol. The summed E-state index contributed by atoms with van der Waals surface area (Å²) in [6.07, 6.45) is 4.31. The quantitative estimate of drug-likeness (QED) is 0.659. The van der Waals surface area contributed by atoms with E-state index in [0.717, 1.165) is 32.1 Å². The molecule has 2 N–H and O–H groups in total. The summed E-state index contributed by atoms with van der Waals surface area (Å²) in [5, 5.41) is 18.3. The lowest BCUT2D eigenvalue weighted by Gasteiger charge is -2.37. The molecule has 2 saturated carbocycles. The number of hydrogen-bond acceptors (Lipinski definition) is 2. The van der Waals surface area contributed by atoms with Crippen LogP contribution in [0, 0.1) is 10.8 Å². The van der Waals surface area contributed by atoms with Crippen LogP contribution in [0.2, 0.25) is 0 Å². The Bertz CT molecular complexity index is 276. The van der Waals surface area contributed by atoms with E-state index in [1.54, 1.807) is 0 Å². The summed E-state index contributed by atoms with van der Waals surface area (Å²) in [6, 6.07) is 0. The van der Waals surface area contributed by atoms with Crippen molar-refractivity contribution in [1.29, 1.82) is 0 Å². The summed E-state index contributed by atoms with van der Waals surface area (Å²) in [5.74, 6) is -2.27. The van der Waals surface area contributed by atoms with Crippen LogP contribution in [0.25, 0.3) is 0 Å². The fourth-order valence-corrected chi connectivity index (χ4v) is 2.92. The van der Waals surface area contributed by atoms with Gasteiger partial charge < -0.3 is 10.2 Å². The third-order valence-corrected chi connectivity index (χ3v) is 3.95. The summed E-state index contributed by atoms with van der Waals surface area (Å²) in [4.78, 5) is 22.4. The van der Waals surface area contributed by atoms with Crippen molar-refractivity contribution in [2.24, 2.45) is 10.8 Å². The molecular formula is C10H14O4. The summed E-state index contributed by atoms with van der Waals surface area (Å²) in [7, 11) is 0. The first-order valence-electron chi connectivity index (χ1n) is 5.02. The lowest BCUT2D eigenvalue weighted by Crippen LogP contribution is -2.49. The van der Waals surface area contributed by atoms with E-state index in [-0.39, 0.29) is 0 Å². The maximum atomic E-state index is 11.2. The molecule has 0 aliphatic heterocycles. The molecule has 0 aromatic carbocycles. The van der Waals surface area contributed by atoms with Crippen LogP contribution in [-0.4, -0.2) is 22.2 Å². The number of carboxylic acid groups (broad SMARTS) is 2. The molecule has 0 unspecified atom stereocenters. The third kappa shape index (κ3) is 0.938. The van der Waals surface area contributed by atoms with Gasteiger partial charge in [-0.2, -0.15) is 0 Å². The fraction of sp³-hybridized carbons (Fsp3) is 0.800. The highest BCUT2D eigenvalue weighted by Crippen LogP contribution is 2.66. The van der Waals surface area contributed by atoms with Crippen LogP contribution >= 0.6 is 0 Å². The van der Waals surface area contributed by atoms with Gasteiger partial charge in [0.25, 0.3) is 0 Å². The molecule has 0 bridgehead atoms. The van der Waals surface area contributed by atoms with Gasteiger partial charge in [-0.3, -0.25) is 9.59 Å². The third-order valence-electron chi connectivity index (χ3n) is 3.95. The minimum absolute atomic E-state index is 0.303. The van der Waals surface area contributed by atoms with E-state index in [1.807, 2.05) is 0 Å².